The smallest absolute Gasteiger partial charge is 0.179 e. The van der Waals surface area contributed by atoms with Crippen LogP contribution in [0.5, 0.6) is 0 Å². The summed E-state index contributed by atoms with van der Waals surface area (Å²) >= 11 is 0. The molecule has 1 heterocycles. The summed E-state index contributed by atoms with van der Waals surface area (Å²) in [5, 5.41) is 0. The number of aryl methyl sites for hydroxylation is 1. The zero-order valence-corrected chi connectivity index (χ0v) is 11.2. The molecule has 3 nitrogen and oxygen atoms in total. The average molecular weight is 242 g/mol. The molecule has 0 saturated heterocycles. The number of benzene rings is 1. The molecule has 2 rings (SSSR count). The number of imidazole rings is 1. The number of aromatic amines is 1. The first-order valence-corrected chi connectivity index (χ1v) is 6.17. The molecule has 0 bridgehead atoms. The summed E-state index contributed by atoms with van der Waals surface area (Å²) in [6, 6.07) is 8.28. The van der Waals surface area contributed by atoms with Crippen molar-refractivity contribution in [2.24, 2.45) is 0 Å². The lowest BCUT2D eigenvalue weighted by Crippen LogP contribution is -1.94. The number of hydrogen-bond donors (Lipinski definition) is 1. The maximum Gasteiger partial charge on any atom is 0.179 e. The molecular weight excluding hydrogens is 224 g/mol. The SMILES string of the molecule is CC(=O)c1nc(-c2ccc(C(C)C)cc2)[nH]c1C. The second kappa shape index (κ2) is 4.77. The van der Waals surface area contributed by atoms with Gasteiger partial charge in [-0.15, -0.1) is 0 Å². The number of nitrogens with zero attached hydrogens (tertiary/aromatic N) is 1. The Labute approximate surface area is 107 Å². The Morgan fingerprint density at radius 1 is 1.22 bits per heavy atom. The second-order valence-electron chi connectivity index (χ2n) is 4.89. The van der Waals surface area contributed by atoms with E-state index < -0.39 is 0 Å². The molecule has 0 fully saturated rings. The number of carbonyl (C=O) groups excluding carboxylic acids is 1. The Balaban J connectivity index is 2.37. The van der Waals surface area contributed by atoms with E-state index in [1.54, 1.807) is 0 Å². The monoisotopic (exact) mass is 242 g/mol. The molecule has 1 N–H and O–H groups in total. The largest absolute Gasteiger partial charge is 0.341 e. The molecule has 0 spiro atoms. The van der Waals surface area contributed by atoms with E-state index in [1.807, 2.05) is 19.1 Å². The van der Waals surface area contributed by atoms with Crippen molar-refractivity contribution >= 4 is 5.78 Å². The summed E-state index contributed by atoms with van der Waals surface area (Å²) in [5.41, 5.74) is 3.66. The molecule has 18 heavy (non-hydrogen) atoms. The van der Waals surface area contributed by atoms with Crippen LogP contribution in [0.25, 0.3) is 11.4 Å². The van der Waals surface area contributed by atoms with Crippen LogP contribution in [0.2, 0.25) is 0 Å². The zero-order chi connectivity index (χ0) is 13.3. The number of carbonyl (C=O) groups is 1. The Kier molecular flexibility index (Phi) is 3.32. The van der Waals surface area contributed by atoms with Crippen LogP contribution in [0, 0.1) is 6.92 Å². The van der Waals surface area contributed by atoms with Crippen molar-refractivity contribution in [3.63, 3.8) is 0 Å². The molecule has 3 heteroatoms. The number of H-pyrrole nitrogens is 1. The van der Waals surface area contributed by atoms with Crippen LogP contribution >= 0.6 is 0 Å². The zero-order valence-electron chi connectivity index (χ0n) is 11.2. The number of rotatable bonds is 3. The molecular formula is C15H18N2O. The van der Waals surface area contributed by atoms with E-state index in [2.05, 4.69) is 35.9 Å². The van der Waals surface area contributed by atoms with Gasteiger partial charge in [0.2, 0.25) is 0 Å². The molecule has 1 aromatic carbocycles. The quantitative estimate of drug-likeness (QED) is 0.834. The highest BCUT2D eigenvalue weighted by Crippen LogP contribution is 2.21. The van der Waals surface area contributed by atoms with E-state index >= 15 is 0 Å². The van der Waals surface area contributed by atoms with E-state index in [0.717, 1.165) is 17.1 Å². The van der Waals surface area contributed by atoms with Gasteiger partial charge in [-0.3, -0.25) is 4.79 Å². The van der Waals surface area contributed by atoms with Crippen LogP contribution < -0.4 is 0 Å². The summed E-state index contributed by atoms with van der Waals surface area (Å²) in [4.78, 5) is 18.9. The van der Waals surface area contributed by atoms with Crippen molar-refractivity contribution < 1.29 is 4.79 Å². The molecule has 1 aromatic heterocycles. The molecule has 0 atom stereocenters. The summed E-state index contributed by atoms with van der Waals surface area (Å²) in [6.45, 7) is 7.74. The fraction of sp³-hybridized carbons (Fsp3) is 0.333. The predicted molar refractivity (Wildman–Crippen MR) is 72.9 cm³/mol. The summed E-state index contributed by atoms with van der Waals surface area (Å²) < 4.78 is 0. The van der Waals surface area contributed by atoms with Gasteiger partial charge in [0, 0.05) is 18.2 Å². The Morgan fingerprint density at radius 3 is 2.28 bits per heavy atom. The number of Topliss-reactive ketones (excluding diaryl/α,β-unsaturated/α-hetero) is 1. The van der Waals surface area contributed by atoms with Crippen molar-refractivity contribution in [2.75, 3.05) is 0 Å². The van der Waals surface area contributed by atoms with E-state index in [1.165, 1.54) is 12.5 Å². The lowest BCUT2D eigenvalue weighted by atomic mass is 10.0. The standard InChI is InChI=1S/C15H18N2O/c1-9(2)12-5-7-13(8-6-12)15-16-10(3)14(17-15)11(4)18/h5-9H,1-4H3,(H,16,17). The van der Waals surface area contributed by atoms with Crippen molar-refractivity contribution in [3.05, 3.63) is 41.2 Å². The fourth-order valence-corrected chi connectivity index (χ4v) is 1.97. The molecule has 2 aromatic rings. The molecule has 0 aliphatic heterocycles. The third-order valence-corrected chi connectivity index (χ3v) is 3.07. The molecule has 0 aliphatic carbocycles. The van der Waals surface area contributed by atoms with Crippen LogP contribution in [0.15, 0.2) is 24.3 Å². The number of nitrogens with one attached hydrogen (secondary N) is 1. The van der Waals surface area contributed by atoms with Gasteiger partial charge in [-0.05, 0) is 18.4 Å². The van der Waals surface area contributed by atoms with Gasteiger partial charge >= 0.3 is 0 Å². The summed E-state index contributed by atoms with van der Waals surface area (Å²) in [5.74, 6) is 1.27. The summed E-state index contributed by atoms with van der Waals surface area (Å²) in [6.07, 6.45) is 0. The topological polar surface area (TPSA) is 45.8 Å². The maximum atomic E-state index is 11.4. The number of hydrogen-bond acceptors (Lipinski definition) is 2. The van der Waals surface area contributed by atoms with Crippen molar-refractivity contribution in [1.82, 2.24) is 9.97 Å². The highest BCUT2D eigenvalue weighted by molar-refractivity contribution is 5.93. The molecule has 0 saturated carbocycles. The van der Waals surface area contributed by atoms with Crippen LogP contribution in [-0.4, -0.2) is 15.8 Å². The van der Waals surface area contributed by atoms with E-state index in [0.29, 0.717) is 11.6 Å². The van der Waals surface area contributed by atoms with E-state index in [-0.39, 0.29) is 5.78 Å². The predicted octanol–water partition coefficient (Wildman–Crippen LogP) is 3.71. The Morgan fingerprint density at radius 2 is 1.83 bits per heavy atom. The first-order valence-electron chi connectivity index (χ1n) is 6.17. The first kappa shape index (κ1) is 12.6. The molecule has 0 amide bonds. The van der Waals surface area contributed by atoms with Gasteiger partial charge in [0.15, 0.2) is 5.78 Å². The molecule has 0 aliphatic rings. The number of ketones is 1. The second-order valence-corrected chi connectivity index (χ2v) is 4.89. The van der Waals surface area contributed by atoms with Gasteiger partial charge in [-0.1, -0.05) is 38.1 Å². The summed E-state index contributed by atoms with van der Waals surface area (Å²) in [7, 11) is 0. The Bertz CT molecular complexity index is 565. The first-order chi connectivity index (χ1) is 8.49. The fourth-order valence-electron chi connectivity index (χ4n) is 1.97. The third kappa shape index (κ3) is 2.35. The normalized spacial score (nSPS) is 10.9. The van der Waals surface area contributed by atoms with Crippen LogP contribution in [0.4, 0.5) is 0 Å². The van der Waals surface area contributed by atoms with Gasteiger partial charge in [-0.25, -0.2) is 4.98 Å². The van der Waals surface area contributed by atoms with Gasteiger partial charge in [0.05, 0.1) is 0 Å². The molecule has 0 radical (unpaired) electrons. The third-order valence-electron chi connectivity index (χ3n) is 3.07. The van der Waals surface area contributed by atoms with Gasteiger partial charge in [-0.2, -0.15) is 0 Å². The van der Waals surface area contributed by atoms with Crippen molar-refractivity contribution in [1.29, 1.82) is 0 Å². The minimum Gasteiger partial charge on any atom is -0.341 e. The maximum absolute atomic E-state index is 11.4. The Hall–Kier alpha value is -1.90. The van der Waals surface area contributed by atoms with Gasteiger partial charge in [0.25, 0.3) is 0 Å². The van der Waals surface area contributed by atoms with E-state index in [9.17, 15) is 4.79 Å². The minimum absolute atomic E-state index is 0.00574. The van der Waals surface area contributed by atoms with Crippen molar-refractivity contribution in [2.45, 2.75) is 33.6 Å². The lowest BCUT2D eigenvalue weighted by molar-refractivity contribution is 0.101. The van der Waals surface area contributed by atoms with Crippen LogP contribution in [0.1, 0.15) is 48.4 Å². The minimum atomic E-state index is -0.00574. The number of aromatic nitrogens is 2. The highest BCUT2D eigenvalue weighted by Gasteiger charge is 2.11. The lowest BCUT2D eigenvalue weighted by Gasteiger charge is -2.05. The highest BCUT2D eigenvalue weighted by atomic mass is 16.1. The average Bonchev–Trinajstić information content (AvgIpc) is 2.71. The van der Waals surface area contributed by atoms with Crippen molar-refractivity contribution in [3.8, 4) is 11.4 Å². The van der Waals surface area contributed by atoms with Gasteiger partial charge in [0.1, 0.15) is 11.5 Å². The van der Waals surface area contributed by atoms with Gasteiger partial charge < -0.3 is 4.98 Å². The van der Waals surface area contributed by atoms with Crippen LogP contribution in [-0.2, 0) is 0 Å². The van der Waals surface area contributed by atoms with Crippen LogP contribution in [0.3, 0.4) is 0 Å². The molecule has 94 valence electrons. The molecule has 0 unspecified atom stereocenters. The van der Waals surface area contributed by atoms with E-state index in [4.69, 9.17) is 0 Å².